The van der Waals surface area contributed by atoms with E-state index in [9.17, 15) is 0 Å². The topological polar surface area (TPSA) is 12.5 Å². The van der Waals surface area contributed by atoms with Gasteiger partial charge in [0.1, 0.15) is 0 Å². The summed E-state index contributed by atoms with van der Waals surface area (Å²) in [6, 6.07) is 9.50. The van der Waals surface area contributed by atoms with Crippen molar-refractivity contribution >= 4 is 22.6 Å². The fraction of sp³-hybridized carbons (Fsp3) is 0.500. The number of ether oxygens (including phenoxy) is 1. The van der Waals surface area contributed by atoms with Crippen molar-refractivity contribution < 1.29 is 4.74 Å². The van der Waals surface area contributed by atoms with Crippen molar-refractivity contribution in [3.05, 3.63) is 33.4 Å². The quantitative estimate of drug-likeness (QED) is 0.776. The number of benzene rings is 1. The summed E-state index contributed by atoms with van der Waals surface area (Å²) in [5.41, 5.74) is 1.42. The Morgan fingerprint density at radius 3 is 2.73 bits per heavy atom. The largest absolute Gasteiger partial charge is 0.375 e. The number of hydrogen-bond donors (Lipinski definition) is 0. The monoisotopic (exact) mass is 315 g/mol. The van der Waals surface area contributed by atoms with Gasteiger partial charge in [-0.2, -0.15) is 0 Å². The Morgan fingerprint density at radius 1 is 1.33 bits per heavy atom. The third kappa shape index (κ3) is 2.05. The standard InChI is InChI=1S/C12H14INO/c13-10-3-1-9(2-4-10)6-14-7-12-5-11(14)8-15-12/h1-4,11-12H,5-8H2. The number of fused-ring (bicyclic) bond motifs is 2. The lowest BCUT2D eigenvalue weighted by Crippen LogP contribution is -2.36. The number of hydrogen-bond acceptors (Lipinski definition) is 2. The van der Waals surface area contributed by atoms with Gasteiger partial charge in [0.2, 0.25) is 0 Å². The minimum Gasteiger partial charge on any atom is -0.375 e. The Hall–Kier alpha value is -0.130. The van der Waals surface area contributed by atoms with Gasteiger partial charge in [-0.05, 0) is 46.7 Å². The van der Waals surface area contributed by atoms with Crippen LogP contribution in [-0.4, -0.2) is 30.2 Å². The molecule has 2 aliphatic rings. The summed E-state index contributed by atoms with van der Waals surface area (Å²) in [4.78, 5) is 2.55. The van der Waals surface area contributed by atoms with Crippen LogP contribution in [-0.2, 0) is 11.3 Å². The second-order valence-corrected chi connectivity index (χ2v) is 5.65. The second-order valence-electron chi connectivity index (χ2n) is 4.40. The summed E-state index contributed by atoms with van der Waals surface area (Å²) in [5, 5.41) is 0. The lowest BCUT2D eigenvalue weighted by molar-refractivity contribution is 0.0273. The molecule has 0 radical (unpaired) electrons. The lowest BCUT2D eigenvalue weighted by Gasteiger charge is -2.26. The number of morpholine rings is 1. The summed E-state index contributed by atoms with van der Waals surface area (Å²) >= 11 is 2.35. The Kier molecular flexibility index (Phi) is 2.70. The highest BCUT2D eigenvalue weighted by atomic mass is 127. The molecule has 2 nitrogen and oxygen atoms in total. The van der Waals surface area contributed by atoms with Crippen molar-refractivity contribution in [2.75, 3.05) is 13.2 Å². The van der Waals surface area contributed by atoms with Gasteiger partial charge in [-0.1, -0.05) is 12.1 Å². The van der Waals surface area contributed by atoms with Crippen LogP contribution in [0.25, 0.3) is 0 Å². The second kappa shape index (κ2) is 4.03. The van der Waals surface area contributed by atoms with E-state index in [0.717, 1.165) is 19.7 Å². The summed E-state index contributed by atoms with van der Waals surface area (Å²) < 4.78 is 6.90. The van der Waals surface area contributed by atoms with Gasteiger partial charge in [0.25, 0.3) is 0 Å². The fourth-order valence-electron chi connectivity index (χ4n) is 2.50. The predicted molar refractivity (Wildman–Crippen MR) is 67.7 cm³/mol. The van der Waals surface area contributed by atoms with E-state index in [1.807, 2.05) is 0 Å². The highest BCUT2D eigenvalue weighted by Gasteiger charge is 2.38. The molecule has 2 bridgehead atoms. The van der Waals surface area contributed by atoms with E-state index < -0.39 is 0 Å². The molecule has 15 heavy (non-hydrogen) atoms. The number of rotatable bonds is 2. The van der Waals surface area contributed by atoms with Crippen molar-refractivity contribution in [2.24, 2.45) is 0 Å². The molecule has 0 aliphatic carbocycles. The van der Waals surface area contributed by atoms with Crippen LogP contribution in [0.2, 0.25) is 0 Å². The lowest BCUT2D eigenvalue weighted by atomic mass is 10.2. The Bertz CT molecular complexity index is 351. The maximum atomic E-state index is 5.60. The molecule has 1 aromatic carbocycles. The van der Waals surface area contributed by atoms with Gasteiger partial charge in [-0.25, -0.2) is 0 Å². The van der Waals surface area contributed by atoms with E-state index in [4.69, 9.17) is 4.74 Å². The predicted octanol–water partition coefficient (Wildman–Crippen LogP) is 2.26. The van der Waals surface area contributed by atoms with E-state index >= 15 is 0 Å². The van der Waals surface area contributed by atoms with Crippen LogP contribution in [0.1, 0.15) is 12.0 Å². The molecule has 0 spiro atoms. The maximum Gasteiger partial charge on any atom is 0.0718 e. The molecule has 3 heteroatoms. The van der Waals surface area contributed by atoms with Crippen LogP contribution in [0.15, 0.2) is 24.3 Å². The minimum atomic E-state index is 0.513. The van der Waals surface area contributed by atoms with Gasteiger partial charge in [-0.3, -0.25) is 4.90 Å². The van der Waals surface area contributed by atoms with Crippen LogP contribution in [0.5, 0.6) is 0 Å². The molecule has 2 fully saturated rings. The van der Waals surface area contributed by atoms with E-state index in [1.165, 1.54) is 15.6 Å². The molecule has 80 valence electrons. The van der Waals surface area contributed by atoms with Crippen LogP contribution < -0.4 is 0 Å². The van der Waals surface area contributed by atoms with Gasteiger partial charge in [0.15, 0.2) is 0 Å². The summed E-state index contributed by atoms with van der Waals surface area (Å²) in [6.45, 7) is 3.15. The molecule has 0 N–H and O–H groups in total. The first-order chi connectivity index (χ1) is 7.31. The molecule has 2 saturated heterocycles. The third-order valence-electron chi connectivity index (χ3n) is 3.31. The molecular formula is C12H14INO. The third-order valence-corrected chi connectivity index (χ3v) is 4.03. The van der Waals surface area contributed by atoms with Crippen molar-refractivity contribution in [3.63, 3.8) is 0 Å². The highest BCUT2D eigenvalue weighted by Crippen LogP contribution is 2.29. The summed E-state index contributed by atoms with van der Waals surface area (Å²) in [6.07, 6.45) is 1.75. The summed E-state index contributed by atoms with van der Waals surface area (Å²) in [7, 11) is 0. The van der Waals surface area contributed by atoms with E-state index in [2.05, 4.69) is 51.8 Å². The highest BCUT2D eigenvalue weighted by molar-refractivity contribution is 14.1. The Labute approximate surface area is 104 Å². The Morgan fingerprint density at radius 2 is 2.13 bits per heavy atom. The zero-order chi connectivity index (χ0) is 10.3. The normalized spacial score (nSPS) is 29.9. The first-order valence-electron chi connectivity index (χ1n) is 5.41. The van der Waals surface area contributed by atoms with E-state index in [-0.39, 0.29) is 0 Å². The molecule has 1 aromatic rings. The molecule has 0 amide bonds. The number of likely N-dealkylation sites (tertiary alicyclic amines) is 1. The smallest absolute Gasteiger partial charge is 0.0718 e. The minimum absolute atomic E-state index is 0.513. The molecule has 2 unspecified atom stereocenters. The first-order valence-corrected chi connectivity index (χ1v) is 6.49. The Balaban J connectivity index is 1.68. The molecule has 2 atom stereocenters. The number of nitrogens with zero attached hydrogens (tertiary/aromatic N) is 1. The van der Waals surface area contributed by atoms with Crippen molar-refractivity contribution in [1.82, 2.24) is 4.90 Å². The van der Waals surface area contributed by atoms with Crippen molar-refractivity contribution in [1.29, 1.82) is 0 Å². The van der Waals surface area contributed by atoms with Crippen molar-refractivity contribution in [3.8, 4) is 0 Å². The van der Waals surface area contributed by atoms with Gasteiger partial charge < -0.3 is 4.74 Å². The van der Waals surface area contributed by atoms with Gasteiger partial charge >= 0.3 is 0 Å². The molecule has 2 heterocycles. The molecule has 2 aliphatic heterocycles. The first kappa shape index (κ1) is 10.1. The maximum absolute atomic E-state index is 5.60. The average molecular weight is 315 g/mol. The van der Waals surface area contributed by atoms with Crippen LogP contribution >= 0.6 is 22.6 Å². The molecule has 3 rings (SSSR count). The summed E-state index contributed by atoms with van der Waals surface area (Å²) in [5.74, 6) is 0. The van der Waals surface area contributed by atoms with Crippen molar-refractivity contribution in [2.45, 2.75) is 25.1 Å². The van der Waals surface area contributed by atoms with Gasteiger partial charge in [0, 0.05) is 22.7 Å². The SMILES string of the molecule is Ic1ccc(CN2CC3CC2CO3)cc1. The van der Waals surface area contributed by atoms with Gasteiger partial charge in [0.05, 0.1) is 12.7 Å². The van der Waals surface area contributed by atoms with Crippen LogP contribution in [0.3, 0.4) is 0 Å². The fourth-order valence-corrected chi connectivity index (χ4v) is 2.86. The van der Waals surface area contributed by atoms with E-state index in [0.29, 0.717) is 12.1 Å². The van der Waals surface area contributed by atoms with Crippen LogP contribution in [0.4, 0.5) is 0 Å². The van der Waals surface area contributed by atoms with Gasteiger partial charge in [-0.15, -0.1) is 0 Å². The zero-order valence-electron chi connectivity index (χ0n) is 8.53. The zero-order valence-corrected chi connectivity index (χ0v) is 10.7. The molecular weight excluding hydrogens is 301 g/mol. The van der Waals surface area contributed by atoms with E-state index in [1.54, 1.807) is 0 Å². The average Bonchev–Trinajstić information content (AvgIpc) is 2.83. The van der Waals surface area contributed by atoms with Crippen LogP contribution in [0, 0.1) is 3.57 Å². The molecule has 0 saturated carbocycles. The molecule has 0 aromatic heterocycles. The number of halogens is 1.